The molecule has 2 N–H and O–H groups in total. The van der Waals surface area contributed by atoms with Crippen molar-refractivity contribution in [1.82, 2.24) is 15.2 Å². The second kappa shape index (κ2) is 10.1. The fourth-order valence-corrected chi connectivity index (χ4v) is 2.90. The Morgan fingerprint density at radius 2 is 2.20 bits per heavy atom. The molecule has 25 heavy (non-hydrogen) atoms. The predicted octanol–water partition coefficient (Wildman–Crippen LogP) is 2.16. The molecular formula is C18H31N5O2. The zero-order chi connectivity index (χ0) is 18.1. The van der Waals surface area contributed by atoms with Gasteiger partial charge in [-0.15, -0.1) is 0 Å². The Bertz CT molecular complexity index is 521. The smallest absolute Gasteiger partial charge is 0.317 e. The van der Waals surface area contributed by atoms with Crippen molar-refractivity contribution >= 4 is 17.5 Å². The lowest BCUT2D eigenvalue weighted by molar-refractivity contribution is 0.145. The third-order valence-corrected chi connectivity index (χ3v) is 4.32. The van der Waals surface area contributed by atoms with Crippen LogP contribution in [-0.4, -0.2) is 68.9 Å². The molecule has 0 saturated carbocycles. The van der Waals surface area contributed by atoms with E-state index < -0.39 is 0 Å². The monoisotopic (exact) mass is 349 g/mol. The lowest BCUT2D eigenvalue weighted by Crippen LogP contribution is -2.42. The van der Waals surface area contributed by atoms with Crippen LogP contribution in [0.15, 0.2) is 18.3 Å². The molecule has 2 heterocycles. The number of nitrogens with zero attached hydrogens (tertiary/aromatic N) is 3. The molecule has 1 aliphatic heterocycles. The Kier molecular flexibility index (Phi) is 7.78. The number of hydrogen-bond donors (Lipinski definition) is 2. The molecule has 1 saturated heterocycles. The quantitative estimate of drug-likeness (QED) is 0.738. The van der Waals surface area contributed by atoms with Gasteiger partial charge in [0.05, 0.1) is 18.5 Å². The van der Waals surface area contributed by atoms with E-state index in [1.165, 1.54) is 0 Å². The van der Waals surface area contributed by atoms with Crippen LogP contribution in [0.2, 0.25) is 0 Å². The van der Waals surface area contributed by atoms with Gasteiger partial charge in [0.1, 0.15) is 5.82 Å². The van der Waals surface area contributed by atoms with Crippen LogP contribution in [0.1, 0.15) is 26.2 Å². The molecule has 1 fully saturated rings. The summed E-state index contributed by atoms with van der Waals surface area (Å²) < 4.78 is 5.25. The van der Waals surface area contributed by atoms with E-state index in [0.29, 0.717) is 25.8 Å². The highest BCUT2D eigenvalue weighted by Gasteiger charge is 2.20. The highest BCUT2D eigenvalue weighted by atomic mass is 16.5. The van der Waals surface area contributed by atoms with Gasteiger partial charge in [0.2, 0.25) is 0 Å². The van der Waals surface area contributed by atoms with Crippen LogP contribution in [0, 0.1) is 0 Å². The molecule has 2 amide bonds. The number of nitrogens with one attached hydrogen (secondary N) is 2. The summed E-state index contributed by atoms with van der Waals surface area (Å²) in [6.45, 7) is 5.33. The minimum atomic E-state index is 0.0114. The fourth-order valence-electron chi connectivity index (χ4n) is 2.90. The van der Waals surface area contributed by atoms with E-state index in [0.717, 1.165) is 43.9 Å². The number of carbonyl (C=O) groups excluding carboxylic acids is 1. The number of likely N-dealkylation sites (tertiary alicyclic amines) is 1. The number of hydrogen-bond acceptors (Lipinski definition) is 5. The highest BCUT2D eigenvalue weighted by Crippen LogP contribution is 2.18. The second-order valence-corrected chi connectivity index (χ2v) is 6.49. The van der Waals surface area contributed by atoms with Gasteiger partial charge in [0, 0.05) is 46.4 Å². The number of ether oxygens (including phenoxy) is 1. The van der Waals surface area contributed by atoms with Gasteiger partial charge in [0.15, 0.2) is 0 Å². The summed E-state index contributed by atoms with van der Waals surface area (Å²) >= 11 is 0. The Balaban J connectivity index is 1.77. The summed E-state index contributed by atoms with van der Waals surface area (Å²) in [6, 6.07) is 4.45. The molecule has 0 aliphatic carbocycles. The van der Waals surface area contributed by atoms with Crippen molar-refractivity contribution in [2.75, 3.05) is 57.2 Å². The van der Waals surface area contributed by atoms with Crippen molar-refractivity contribution < 1.29 is 9.53 Å². The van der Waals surface area contributed by atoms with Crippen LogP contribution in [0.25, 0.3) is 0 Å². The van der Waals surface area contributed by atoms with Gasteiger partial charge in [0.25, 0.3) is 0 Å². The van der Waals surface area contributed by atoms with E-state index in [1.807, 2.05) is 43.1 Å². The molecule has 1 atom stereocenters. The van der Waals surface area contributed by atoms with Gasteiger partial charge in [-0.05, 0) is 38.3 Å². The maximum absolute atomic E-state index is 12.2. The topological polar surface area (TPSA) is 69.7 Å². The van der Waals surface area contributed by atoms with Crippen molar-refractivity contribution in [2.24, 2.45) is 0 Å². The van der Waals surface area contributed by atoms with Crippen LogP contribution in [0.5, 0.6) is 0 Å². The first kappa shape index (κ1) is 19.3. The lowest BCUT2D eigenvalue weighted by atomic mass is 10.1. The van der Waals surface area contributed by atoms with Crippen molar-refractivity contribution in [3.63, 3.8) is 0 Å². The first-order chi connectivity index (χ1) is 12.1. The molecule has 0 bridgehead atoms. The van der Waals surface area contributed by atoms with E-state index in [1.54, 1.807) is 0 Å². The first-order valence-electron chi connectivity index (χ1n) is 9.10. The van der Waals surface area contributed by atoms with Gasteiger partial charge in [-0.2, -0.15) is 0 Å². The third-order valence-electron chi connectivity index (χ3n) is 4.32. The number of pyridine rings is 1. The third kappa shape index (κ3) is 6.42. The van der Waals surface area contributed by atoms with Gasteiger partial charge in [-0.25, -0.2) is 9.78 Å². The minimum absolute atomic E-state index is 0.0114. The van der Waals surface area contributed by atoms with Crippen molar-refractivity contribution in [3.8, 4) is 0 Å². The molecule has 1 aromatic rings. The van der Waals surface area contributed by atoms with Crippen LogP contribution in [0.4, 0.5) is 16.3 Å². The molecule has 140 valence electrons. The van der Waals surface area contributed by atoms with E-state index in [4.69, 9.17) is 4.74 Å². The summed E-state index contributed by atoms with van der Waals surface area (Å²) in [7, 11) is 3.96. The molecule has 7 nitrogen and oxygen atoms in total. The van der Waals surface area contributed by atoms with Crippen molar-refractivity contribution in [1.29, 1.82) is 0 Å². The van der Waals surface area contributed by atoms with Crippen LogP contribution in [0.3, 0.4) is 0 Å². The predicted molar refractivity (Wildman–Crippen MR) is 101 cm³/mol. The molecule has 2 rings (SSSR count). The molecule has 7 heteroatoms. The molecular weight excluding hydrogens is 318 g/mol. The molecule has 1 aliphatic rings. The SMILES string of the molecule is CCOCCNC(=O)N1CCC[C@H](Nc2ccc(N(C)C)nc2)CC1. The summed E-state index contributed by atoms with van der Waals surface area (Å²) in [5.41, 5.74) is 1.03. The van der Waals surface area contributed by atoms with Crippen LogP contribution >= 0.6 is 0 Å². The highest BCUT2D eigenvalue weighted by molar-refractivity contribution is 5.74. The Hall–Kier alpha value is -2.02. The largest absolute Gasteiger partial charge is 0.381 e. The van der Waals surface area contributed by atoms with Crippen LogP contribution < -0.4 is 15.5 Å². The normalized spacial score (nSPS) is 17.7. The summed E-state index contributed by atoms with van der Waals surface area (Å²) in [5, 5.41) is 6.47. The number of anilines is 2. The minimum Gasteiger partial charge on any atom is -0.381 e. The van der Waals surface area contributed by atoms with Gasteiger partial charge >= 0.3 is 6.03 Å². The second-order valence-electron chi connectivity index (χ2n) is 6.49. The Morgan fingerprint density at radius 1 is 1.36 bits per heavy atom. The van der Waals surface area contributed by atoms with E-state index >= 15 is 0 Å². The standard InChI is InChI=1S/C18H31N5O2/c1-4-25-13-10-19-18(24)23-11-5-6-15(9-12-23)21-16-7-8-17(20-14-16)22(2)3/h7-8,14-15,21H,4-6,9-13H2,1-3H3,(H,19,24)/t15-/m0/s1. The van der Waals surface area contributed by atoms with Gasteiger partial charge in [-0.3, -0.25) is 0 Å². The number of amides is 2. The first-order valence-corrected chi connectivity index (χ1v) is 9.10. The van der Waals surface area contributed by atoms with E-state index in [9.17, 15) is 4.79 Å². The average Bonchev–Trinajstić information content (AvgIpc) is 2.85. The number of urea groups is 1. The maximum atomic E-state index is 12.2. The molecule has 0 radical (unpaired) electrons. The average molecular weight is 349 g/mol. The van der Waals surface area contributed by atoms with E-state index in [-0.39, 0.29) is 6.03 Å². The zero-order valence-electron chi connectivity index (χ0n) is 15.6. The number of rotatable bonds is 7. The van der Waals surface area contributed by atoms with Crippen molar-refractivity contribution in [3.05, 3.63) is 18.3 Å². The summed E-state index contributed by atoms with van der Waals surface area (Å²) in [4.78, 5) is 20.5. The molecule has 0 spiro atoms. The Morgan fingerprint density at radius 3 is 2.88 bits per heavy atom. The molecule has 1 aromatic heterocycles. The maximum Gasteiger partial charge on any atom is 0.317 e. The van der Waals surface area contributed by atoms with E-state index in [2.05, 4.69) is 21.7 Å². The number of carbonyl (C=O) groups is 1. The van der Waals surface area contributed by atoms with Crippen molar-refractivity contribution in [2.45, 2.75) is 32.2 Å². The zero-order valence-corrected chi connectivity index (χ0v) is 15.6. The lowest BCUT2D eigenvalue weighted by Gasteiger charge is -2.21. The summed E-state index contributed by atoms with van der Waals surface area (Å²) in [6.07, 6.45) is 4.87. The molecule has 0 aromatic carbocycles. The van der Waals surface area contributed by atoms with Gasteiger partial charge < -0.3 is 25.2 Å². The fraction of sp³-hybridized carbons (Fsp3) is 0.667. The molecule has 0 unspecified atom stereocenters. The van der Waals surface area contributed by atoms with Crippen LogP contribution in [-0.2, 0) is 4.74 Å². The Labute approximate surface area is 150 Å². The summed E-state index contributed by atoms with van der Waals surface area (Å²) in [5.74, 6) is 0.946. The number of aromatic nitrogens is 1. The van der Waals surface area contributed by atoms with Gasteiger partial charge in [-0.1, -0.05) is 0 Å².